The molecule has 4 unspecified atom stereocenters. The second-order valence-corrected chi connectivity index (χ2v) is 7.21. The molecule has 0 aliphatic carbocycles. The summed E-state index contributed by atoms with van der Waals surface area (Å²) in [6.07, 6.45) is 6.07. The Labute approximate surface area is 142 Å². The molecule has 2 N–H and O–H groups in total. The molecule has 4 heterocycles. The number of fused-ring (bicyclic) bond motifs is 1. The van der Waals surface area contributed by atoms with Crippen molar-refractivity contribution in [2.24, 2.45) is 5.92 Å². The maximum Gasteiger partial charge on any atom is 0.318 e. The predicted molar refractivity (Wildman–Crippen MR) is 87.4 cm³/mol. The molecule has 0 aromatic carbocycles. The molecule has 132 valence electrons. The van der Waals surface area contributed by atoms with Crippen molar-refractivity contribution in [3.8, 4) is 0 Å². The number of nitrogens with one attached hydrogen (secondary N) is 1. The third-order valence-electron chi connectivity index (χ3n) is 5.59. The molecule has 0 spiro atoms. The van der Waals surface area contributed by atoms with Crippen LogP contribution in [0.3, 0.4) is 0 Å². The monoisotopic (exact) mass is 334 g/mol. The maximum absolute atomic E-state index is 12.9. The zero-order chi connectivity index (χ0) is 16.5. The number of likely N-dealkylation sites (tertiary alicyclic amines) is 1. The molecule has 4 atom stereocenters. The fourth-order valence-electron chi connectivity index (χ4n) is 4.39. The van der Waals surface area contributed by atoms with Crippen molar-refractivity contribution in [1.82, 2.24) is 20.0 Å². The molecule has 1 aromatic rings. The Morgan fingerprint density at radius 3 is 3.12 bits per heavy atom. The topological polar surface area (TPSA) is 79.6 Å². The molecular weight excluding hydrogens is 308 g/mol. The molecule has 24 heavy (non-hydrogen) atoms. The summed E-state index contributed by atoms with van der Waals surface area (Å²) in [6.45, 7) is 2.83. The van der Waals surface area contributed by atoms with Gasteiger partial charge in [0.15, 0.2) is 0 Å². The van der Waals surface area contributed by atoms with Crippen molar-refractivity contribution in [3.63, 3.8) is 0 Å². The van der Waals surface area contributed by atoms with Crippen molar-refractivity contribution in [1.29, 1.82) is 0 Å². The van der Waals surface area contributed by atoms with Crippen LogP contribution in [0.25, 0.3) is 0 Å². The minimum Gasteiger partial charge on any atom is -0.391 e. The first-order chi connectivity index (χ1) is 11.7. The minimum atomic E-state index is -0.431. The van der Waals surface area contributed by atoms with Crippen LogP contribution in [0, 0.1) is 5.92 Å². The van der Waals surface area contributed by atoms with Crippen molar-refractivity contribution in [2.45, 2.75) is 56.8 Å². The molecule has 4 rings (SSSR count). The Hall–Kier alpha value is -1.60. The van der Waals surface area contributed by atoms with Gasteiger partial charge in [-0.1, -0.05) is 0 Å². The van der Waals surface area contributed by atoms with Gasteiger partial charge >= 0.3 is 6.03 Å². The van der Waals surface area contributed by atoms with E-state index >= 15 is 0 Å². The van der Waals surface area contributed by atoms with E-state index in [2.05, 4.69) is 10.4 Å². The van der Waals surface area contributed by atoms with Crippen molar-refractivity contribution in [3.05, 3.63) is 18.0 Å². The number of aryl methyl sites for hydroxylation is 1. The van der Waals surface area contributed by atoms with Gasteiger partial charge in [0.2, 0.25) is 0 Å². The Kier molecular flexibility index (Phi) is 4.45. The van der Waals surface area contributed by atoms with Gasteiger partial charge in [0.05, 0.1) is 24.4 Å². The lowest BCUT2D eigenvalue weighted by Crippen LogP contribution is -2.48. The SMILES string of the molecule is O=C(NC1CCCn2nccc21)N1CC(O)CC1C1CCCOC1. The molecule has 1 aromatic heterocycles. The number of urea groups is 1. The summed E-state index contributed by atoms with van der Waals surface area (Å²) >= 11 is 0. The van der Waals surface area contributed by atoms with Gasteiger partial charge in [0, 0.05) is 37.9 Å². The van der Waals surface area contributed by atoms with E-state index in [0.717, 1.165) is 44.5 Å². The minimum absolute atomic E-state index is 0.00903. The summed E-state index contributed by atoms with van der Waals surface area (Å²) in [7, 11) is 0. The van der Waals surface area contributed by atoms with Gasteiger partial charge < -0.3 is 20.1 Å². The van der Waals surface area contributed by atoms with Crippen LogP contribution in [0.15, 0.2) is 12.3 Å². The number of ether oxygens (including phenoxy) is 1. The van der Waals surface area contributed by atoms with Gasteiger partial charge in [-0.25, -0.2) is 4.79 Å². The zero-order valence-corrected chi connectivity index (χ0v) is 13.9. The summed E-state index contributed by atoms with van der Waals surface area (Å²) in [5, 5.41) is 17.6. The molecule has 0 radical (unpaired) electrons. The van der Waals surface area contributed by atoms with Gasteiger partial charge in [0.1, 0.15) is 0 Å². The summed E-state index contributed by atoms with van der Waals surface area (Å²) in [4.78, 5) is 14.7. The molecule has 2 saturated heterocycles. The van der Waals surface area contributed by atoms with E-state index in [1.165, 1.54) is 0 Å². The Morgan fingerprint density at radius 1 is 1.38 bits per heavy atom. The molecule has 2 amide bonds. The van der Waals surface area contributed by atoms with E-state index in [9.17, 15) is 9.90 Å². The van der Waals surface area contributed by atoms with E-state index in [4.69, 9.17) is 4.74 Å². The summed E-state index contributed by atoms with van der Waals surface area (Å²) in [5.74, 6) is 0.332. The van der Waals surface area contributed by atoms with Gasteiger partial charge in [-0.2, -0.15) is 5.10 Å². The molecule has 3 aliphatic rings. The predicted octanol–water partition coefficient (Wildman–Crippen LogP) is 1.29. The quantitative estimate of drug-likeness (QED) is 0.854. The van der Waals surface area contributed by atoms with Crippen LogP contribution < -0.4 is 5.32 Å². The Bertz CT molecular complexity index is 584. The molecular formula is C17H26N4O3. The van der Waals surface area contributed by atoms with Gasteiger partial charge in [0.25, 0.3) is 0 Å². The van der Waals surface area contributed by atoms with Crippen LogP contribution in [-0.2, 0) is 11.3 Å². The largest absolute Gasteiger partial charge is 0.391 e. The van der Waals surface area contributed by atoms with Crippen LogP contribution >= 0.6 is 0 Å². The van der Waals surface area contributed by atoms with Crippen molar-refractivity contribution in [2.75, 3.05) is 19.8 Å². The first-order valence-corrected chi connectivity index (χ1v) is 9.07. The number of carbonyl (C=O) groups excluding carboxylic acids is 1. The number of amides is 2. The van der Waals surface area contributed by atoms with E-state index in [0.29, 0.717) is 25.5 Å². The summed E-state index contributed by atoms with van der Waals surface area (Å²) in [6, 6.07) is 2.00. The fraction of sp³-hybridized carbons (Fsp3) is 0.765. The number of hydrogen-bond donors (Lipinski definition) is 2. The highest BCUT2D eigenvalue weighted by Crippen LogP contribution is 2.31. The van der Waals surface area contributed by atoms with Gasteiger partial charge in [-0.3, -0.25) is 4.68 Å². The smallest absolute Gasteiger partial charge is 0.318 e. The molecule has 7 heteroatoms. The number of aromatic nitrogens is 2. The lowest BCUT2D eigenvalue weighted by atomic mass is 9.92. The first-order valence-electron chi connectivity index (χ1n) is 9.07. The number of aliphatic hydroxyl groups excluding tert-OH is 1. The van der Waals surface area contributed by atoms with E-state index < -0.39 is 6.10 Å². The number of rotatable bonds is 2. The number of carbonyl (C=O) groups is 1. The van der Waals surface area contributed by atoms with Crippen LogP contribution in [0.5, 0.6) is 0 Å². The number of hydrogen-bond acceptors (Lipinski definition) is 4. The summed E-state index contributed by atoms with van der Waals surface area (Å²) in [5.41, 5.74) is 1.08. The average molecular weight is 334 g/mol. The third kappa shape index (κ3) is 3.02. The number of β-amino-alcohol motifs (C(OH)–C–C–N with tert-alkyl or cyclic N) is 1. The molecule has 0 saturated carbocycles. The second-order valence-electron chi connectivity index (χ2n) is 7.21. The maximum atomic E-state index is 12.9. The first kappa shape index (κ1) is 15.9. The number of aliphatic hydroxyl groups is 1. The van der Waals surface area contributed by atoms with Gasteiger partial charge in [-0.15, -0.1) is 0 Å². The van der Waals surface area contributed by atoms with Crippen molar-refractivity contribution >= 4 is 6.03 Å². The Balaban J connectivity index is 1.45. The van der Waals surface area contributed by atoms with E-state index in [1.54, 1.807) is 6.20 Å². The highest BCUT2D eigenvalue weighted by Gasteiger charge is 2.40. The lowest BCUT2D eigenvalue weighted by Gasteiger charge is -2.35. The molecule has 3 aliphatic heterocycles. The average Bonchev–Trinajstić information content (AvgIpc) is 3.22. The van der Waals surface area contributed by atoms with Crippen LogP contribution in [0.4, 0.5) is 4.79 Å². The zero-order valence-electron chi connectivity index (χ0n) is 13.9. The van der Waals surface area contributed by atoms with E-state index in [1.807, 2.05) is 15.6 Å². The number of nitrogens with zero attached hydrogens (tertiary/aromatic N) is 3. The fourth-order valence-corrected chi connectivity index (χ4v) is 4.39. The molecule has 7 nitrogen and oxygen atoms in total. The van der Waals surface area contributed by atoms with E-state index in [-0.39, 0.29) is 18.1 Å². The second kappa shape index (κ2) is 6.72. The summed E-state index contributed by atoms with van der Waals surface area (Å²) < 4.78 is 7.56. The standard InChI is InChI=1S/C17H26N4O3/c22-13-9-16(12-3-2-8-24-11-12)20(10-13)17(23)19-14-4-1-7-21-15(14)5-6-18-21/h5-6,12-14,16,22H,1-4,7-11H2,(H,19,23). The molecule has 2 fully saturated rings. The van der Waals surface area contributed by atoms with Crippen LogP contribution in [0.2, 0.25) is 0 Å². The Morgan fingerprint density at radius 2 is 2.29 bits per heavy atom. The van der Waals surface area contributed by atoms with Crippen LogP contribution in [-0.4, -0.2) is 57.7 Å². The third-order valence-corrected chi connectivity index (χ3v) is 5.59. The highest BCUT2D eigenvalue weighted by atomic mass is 16.5. The van der Waals surface area contributed by atoms with Gasteiger partial charge in [-0.05, 0) is 38.2 Å². The normalized spacial score (nSPS) is 33.3. The lowest BCUT2D eigenvalue weighted by molar-refractivity contribution is 0.0257. The van der Waals surface area contributed by atoms with Crippen molar-refractivity contribution < 1.29 is 14.6 Å². The van der Waals surface area contributed by atoms with Crippen LogP contribution in [0.1, 0.15) is 43.8 Å². The highest BCUT2D eigenvalue weighted by molar-refractivity contribution is 5.75. The molecule has 0 bridgehead atoms.